The number of rotatable bonds is 4. The Hall–Kier alpha value is -0.880. The fourth-order valence-electron chi connectivity index (χ4n) is 1.98. The third-order valence-electron chi connectivity index (χ3n) is 2.78. The van der Waals surface area contributed by atoms with Crippen molar-refractivity contribution in [3.05, 3.63) is 17.8 Å². The van der Waals surface area contributed by atoms with E-state index in [-0.39, 0.29) is 11.7 Å². The van der Waals surface area contributed by atoms with Crippen molar-refractivity contribution in [2.75, 3.05) is 18.1 Å². The van der Waals surface area contributed by atoms with Gasteiger partial charge in [0.15, 0.2) is 15.7 Å². The Morgan fingerprint density at radius 3 is 3.00 bits per heavy atom. The second-order valence-corrected chi connectivity index (χ2v) is 6.46. The highest BCUT2D eigenvalue weighted by Gasteiger charge is 2.28. The molecular weight excluding hydrogens is 228 g/mol. The number of sulfone groups is 1. The van der Waals surface area contributed by atoms with Gasteiger partial charge in [0.1, 0.15) is 5.76 Å². The first-order valence-electron chi connectivity index (χ1n) is 5.43. The zero-order valence-corrected chi connectivity index (χ0v) is 9.87. The number of nitrogens with two attached hydrogens (primary N) is 1. The van der Waals surface area contributed by atoms with Gasteiger partial charge in [-0.05, 0) is 18.9 Å². The Bertz CT molecular complexity index is 452. The Morgan fingerprint density at radius 2 is 2.38 bits per heavy atom. The summed E-state index contributed by atoms with van der Waals surface area (Å²) >= 11 is 0. The summed E-state index contributed by atoms with van der Waals surface area (Å²) in [5, 5.41) is 0. The molecule has 0 bridgehead atoms. The van der Waals surface area contributed by atoms with Crippen LogP contribution >= 0.6 is 0 Å². The summed E-state index contributed by atoms with van der Waals surface area (Å²) in [5.41, 5.74) is 5.40. The molecule has 1 aromatic heterocycles. The summed E-state index contributed by atoms with van der Waals surface area (Å²) in [5.74, 6) is 2.13. The number of oxazole rings is 1. The molecule has 1 saturated heterocycles. The maximum Gasteiger partial charge on any atom is 0.194 e. The molecule has 0 aromatic carbocycles. The molecule has 2 N–H and O–H groups in total. The summed E-state index contributed by atoms with van der Waals surface area (Å²) < 4.78 is 28.0. The monoisotopic (exact) mass is 244 g/mol. The average Bonchev–Trinajstić information content (AvgIpc) is 2.75. The summed E-state index contributed by atoms with van der Waals surface area (Å²) in [6.07, 6.45) is 3.68. The van der Waals surface area contributed by atoms with E-state index in [1.165, 1.54) is 0 Å². The molecule has 6 heteroatoms. The minimum atomic E-state index is -2.81. The first-order chi connectivity index (χ1) is 7.59. The van der Waals surface area contributed by atoms with Crippen LogP contribution in [-0.2, 0) is 22.7 Å². The maximum absolute atomic E-state index is 11.3. The summed E-state index contributed by atoms with van der Waals surface area (Å²) in [7, 11) is -2.81. The van der Waals surface area contributed by atoms with E-state index in [4.69, 9.17) is 10.2 Å². The van der Waals surface area contributed by atoms with E-state index in [9.17, 15) is 8.42 Å². The molecule has 2 heterocycles. The van der Waals surface area contributed by atoms with Crippen LogP contribution in [0.2, 0.25) is 0 Å². The van der Waals surface area contributed by atoms with Gasteiger partial charge in [-0.3, -0.25) is 0 Å². The highest BCUT2D eigenvalue weighted by molar-refractivity contribution is 7.91. The minimum absolute atomic E-state index is 0.161. The molecule has 0 radical (unpaired) electrons. The maximum atomic E-state index is 11.3. The largest absolute Gasteiger partial charge is 0.446 e. The molecule has 16 heavy (non-hydrogen) atoms. The van der Waals surface area contributed by atoms with Gasteiger partial charge >= 0.3 is 0 Å². The fraction of sp³-hybridized carbons (Fsp3) is 0.700. The van der Waals surface area contributed by atoms with Crippen LogP contribution in [0.25, 0.3) is 0 Å². The Labute approximate surface area is 95.0 Å². The normalized spacial score (nSPS) is 23.7. The van der Waals surface area contributed by atoms with Gasteiger partial charge in [-0.2, -0.15) is 0 Å². The predicted molar refractivity (Wildman–Crippen MR) is 59.7 cm³/mol. The molecule has 1 atom stereocenters. The van der Waals surface area contributed by atoms with Gasteiger partial charge in [0, 0.05) is 12.8 Å². The first kappa shape index (κ1) is 11.6. The second-order valence-electron chi connectivity index (χ2n) is 4.23. The average molecular weight is 244 g/mol. The van der Waals surface area contributed by atoms with Crippen molar-refractivity contribution in [2.45, 2.75) is 19.3 Å². The van der Waals surface area contributed by atoms with Crippen LogP contribution in [-0.4, -0.2) is 31.5 Å². The summed E-state index contributed by atoms with van der Waals surface area (Å²) in [6.45, 7) is 0.534. The predicted octanol–water partition coefficient (Wildman–Crippen LogP) is 0.153. The zero-order chi connectivity index (χ0) is 11.6. The first-order valence-corrected chi connectivity index (χ1v) is 7.25. The topological polar surface area (TPSA) is 86.2 Å². The van der Waals surface area contributed by atoms with Crippen LogP contribution in [0.15, 0.2) is 10.6 Å². The van der Waals surface area contributed by atoms with Crippen molar-refractivity contribution in [1.82, 2.24) is 4.98 Å². The standard InChI is InChI=1S/C10H16N2O3S/c11-3-1-9-6-12-10(15-9)5-8-2-4-16(13,14)7-8/h6,8H,1-5,7,11H2. The number of hydrogen-bond acceptors (Lipinski definition) is 5. The van der Waals surface area contributed by atoms with E-state index in [0.717, 1.165) is 12.2 Å². The van der Waals surface area contributed by atoms with Gasteiger partial charge in [0.05, 0.1) is 17.7 Å². The number of aromatic nitrogens is 1. The van der Waals surface area contributed by atoms with E-state index in [1.807, 2.05) is 0 Å². The van der Waals surface area contributed by atoms with Crippen molar-refractivity contribution in [2.24, 2.45) is 11.7 Å². The van der Waals surface area contributed by atoms with Gasteiger partial charge in [0.2, 0.25) is 0 Å². The molecule has 0 saturated carbocycles. The molecular formula is C10H16N2O3S. The van der Waals surface area contributed by atoms with Crippen molar-refractivity contribution in [3.63, 3.8) is 0 Å². The third kappa shape index (κ3) is 2.82. The molecule has 1 fully saturated rings. The zero-order valence-electron chi connectivity index (χ0n) is 9.05. The van der Waals surface area contributed by atoms with Crippen LogP contribution in [0.1, 0.15) is 18.1 Å². The van der Waals surface area contributed by atoms with E-state index in [2.05, 4.69) is 4.98 Å². The summed E-state index contributed by atoms with van der Waals surface area (Å²) in [4.78, 5) is 4.13. The molecule has 1 aromatic rings. The lowest BCUT2D eigenvalue weighted by atomic mass is 10.1. The second kappa shape index (κ2) is 4.55. The smallest absolute Gasteiger partial charge is 0.194 e. The van der Waals surface area contributed by atoms with E-state index >= 15 is 0 Å². The molecule has 0 aliphatic carbocycles. The van der Waals surface area contributed by atoms with Crippen molar-refractivity contribution in [3.8, 4) is 0 Å². The number of nitrogens with zero attached hydrogens (tertiary/aromatic N) is 1. The van der Waals surface area contributed by atoms with Crippen LogP contribution in [0, 0.1) is 5.92 Å². The van der Waals surface area contributed by atoms with Gasteiger partial charge in [-0.1, -0.05) is 0 Å². The molecule has 0 spiro atoms. The highest BCUT2D eigenvalue weighted by atomic mass is 32.2. The highest BCUT2D eigenvalue weighted by Crippen LogP contribution is 2.22. The lowest BCUT2D eigenvalue weighted by Crippen LogP contribution is -2.07. The SMILES string of the molecule is NCCc1cnc(CC2CCS(=O)(=O)C2)o1. The van der Waals surface area contributed by atoms with Crippen molar-refractivity contribution >= 4 is 9.84 Å². The van der Waals surface area contributed by atoms with Gasteiger partial charge < -0.3 is 10.2 Å². The van der Waals surface area contributed by atoms with E-state index in [1.54, 1.807) is 6.20 Å². The molecule has 1 unspecified atom stereocenters. The van der Waals surface area contributed by atoms with Crippen LogP contribution in [0.4, 0.5) is 0 Å². The van der Waals surface area contributed by atoms with Crippen molar-refractivity contribution < 1.29 is 12.8 Å². The van der Waals surface area contributed by atoms with Gasteiger partial charge in [-0.15, -0.1) is 0 Å². The third-order valence-corrected chi connectivity index (χ3v) is 4.62. The molecule has 5 nitrogen and oxygen atoms in total. The molecule has 2 rings (SSSR count). The summed E-state index contributed by atoms with van der Waals surface area (Å²) in [6, 6.07) is 0. The van der Waals surface area contributed by atoms with Gasteiger partial charge in [0.25, 0.3) is 0 Å². The van der Waals surface area contributed by atoms with E-state index in [0.29, 0.717) is 31.0 Å². The molecule has 0 amide bonds. The van der Waals surface area contributed by atoms with Crippen molar-refractivity contribution in [1.29, 1.82) is 0 Å². The van der Waals surface area contributed by atoms with Crippen LogP contribution < -0.4 is 5.73 Å². The molecule has 1 aliphatic rings. The quantitative estimate of drug-likeness (QED) is 0.815. The lowest BCUT2D eigenvalue weighted by Gasteiger charge is -2.02. The van der Waals surface area contributed by atoms with Crippen LogP contribution in [0.3, 0.4) is 0 Å². The molecule has 1 aliphatic heterocycles. The van der Waals surface area contributed by atoms with Crippen LogP contribution in [0.5, 0.6) is 0 Å². The van der Waals surface area contributed by atoms with E-state index < -0.39 is 9.84 Å². The fourth-order valence-corrected chi connectivity index (χ4v) is 3.84. The Balaban J connectivity index is 1.94. The molecule has 90 valence electrons. The Morgan fingerprint density at radius 1 is 1.56 bits per heavy atom. The lowest BCUT2D eigenvalue weighted by molar-refractivity contribution is 0.421. The number of hydrogen-bond donors (Lipinski definition) is 1. The van der Waals surface area contributed by atoms with Gasteiger partial charge in [-0.25, -0.2) is 13.4 Å². The Kier molecular flexibility index (Phi) is 3.30. The minimum Gasteiger partial charge on any atom is -0.446 e.